The van der Waals surface area contributed by atoms with Crippen molar-refractivity contribution in [3.8, 4) is 17.0 Å². The smallest absolute Gasteiger partial charge is 0.356 e. The van der Waals surface area contributed by atoms with Crippen LogP contribution in [0, 0.1) is 0 Å². The molecule has 0 saturated heterocycles. The van der Waals surface area contributed by atoms with Crippen LogP contribution in [0.5, 0.6) is 5.75 Å². The molecule has 0 amide bonds. The SMILES string of the molecule is COc1ccc(-c2cc(N)c(Cl)c(C(=O)O)n2)cc1. The van der Waals surface area contributed by atoms with Gasteiger partial charge in [0.1, 0.15) is 5.75 Å². The molecule has 2 aromatic rings. The Bertz CT molecular complexity index is 627. The maximum Gasteiger partial charge on any atom is 0.356 e. The number of hydrogen-bond acceptors (Lipinski definition) is 4. The lowest BCUT2D eigenvalue weighted by molar-refractivity contribution is 0.0691. The molecular weight excluding hydrogens is 268 g/mol. The number of nitrogens with zero attached hydrogens (tertiary/aromatic N) is 1. The number of nitrogen functional groups attached to an aromatic ring is 1. The third-order valence-corrected chi connectivity index (χ3v) is 2.97. The Morgan fingerprint density at radius 1 is 1.37 bits per heavy atom. The number of ether oxygens (including phenoxy) is 1. The van der Waals surface area contributed by atoms with Crippen molar-refractivity contribution >= 4 is 23.3 Å². The number of carboxylic acid groups (broad SMARTS) is 1. The van der Waals surface area contributed by atoms with Gasteiger partial charge in [0.2, 0.25) is 0 Å². The molecule has 2 rings (SSSR count). The minimum Gasteiger partial charge on any atom is -0.497 e. The van der Waals surface area contributed by atoms with Crippen molar-refractivity contribution in [1.29, 1.82) is 0 Å². The standard InChI is InChI=1S/C13H11ClN2O3/c1-19-8-4-2-7(3-5-8)10-6-9(15)11(14)12(16-10)13(17)18/h2-6H,1H3,(H2,15,16)(H,17,18). The molecule has 0 spiro atoms. The molecule has 0 aliphatic heterocycles. The number of pyridine rings is 1. The van der Waals surface area contributed by atoms with Crippen LogP contribution in [0.4, 0.5) is 5.69 Å². The molecule has 19 heavy (non-hydrogen) atoms. The van der Waals surface area contributed by atoms with Crippen LogP contribution in [-0.2, 0) is 0 Å². The van der Waals surface area contributed by atoms with Crippen molar-refractivity contribution < 1.29 is 14.6 Å². The topological polar surface area (TPSA) is 85.4 Å². The Morgan fingerprint density at radius 3 is 2.53 bits per heavy atom. The van der Waals surface area contributed by atoms with Gasteiger partial charge in [0.15, 0.2) is 5.69 Å². The lowest BCUT2D eigenvalue weighted by Crippen LogP contribution is -2.05. The first-order valence-corrected chi connectivity index (χ1v) is 5.74. The summed E-state index contributed by atoms with van der Waals surface area (Å²) in [7, 11) is 1.57. The third kappa shape index (κ3) is 2.61. The van der Waals surface area contributed by atoms with E-state index in [1.807, 2.05) is 0 Å². The number of hydrogen-bond donors (Lipinski definition) is 2. The molecular formula is C13H11ClN2O3. The minimum absolute atomic E-state index is 0.0511. The Labute approximate surface area is 114 Å². The van der Waals surface area contributed by atoms with E-state index in [0.717, 1.165) is 5.56 Å². The van der Waals surface area contributed by atoms with Crippen molar-refractivity contribution in [2.75, 3.05) is 12.8 Å². The average Bonchev–Trinajstić information content (AvgIpc) is 2.41. The fraction of sp³-hybridized carbons (Fsp3) is 0.0769. The summed E-state index contributed by atoms with van der Waals surface area (Å²) < 4.78 is 5.05. The fourth-order valence-corrected chi connectivity index (χ4v) is 1.78. The van der Waals surface area contributed by atoms with Crippen LogP contribution in [0.3, 0.4) is 0 Å². The number of halogens is 1. The van der Waals surface area contributed by atoms with Gasteiger partial charge in [-0.15, -0.1) is 0 Å². The number of rotatable bonds is 3. The first kappa shape index (κ1) is 13.2. The molecule has 0 aliphatic carbocycles. The van der Waals surface area contributed by atoms with Gasteiger partial charge < -0.3 is 15.6 Å². The Hall–Kier alpha value is -2.27. The van der Waals surface area contributed by atoms with Gasteiger partial charge in [0.05, 0.1) is 23.5 Å². The molecule has 6 heteroatoms. The molecule has 0 fully saturated rings. The number of carboxylic acids is 1. The van der Waals surface area contributed by atoms with E-state index in [0.29, 0.717) is 11.4 Å². The first-order chi connectivity index (χ1) is 9.02. The largest absolute Gasteiger partial charge is 0.497 e. The van der Waals surface area contributed by atoms with E-state index < -0.39 is 5.97 Å². The zero-order valence-corrected chi connectivity index (χ0v) is 10.8. The van der Waals surface area contributed by atoms with Gasteiger partial charge in [0, 0.05) is 5.56 Å². The molecule has 1 heterocycles. The highest BCUT2D eigenvalue weighted by molar-refractivity contribution is 6.35. The van der Waals surface area contributed by atoms with Gasteiger partial charge in [-0.2, -0.15) is 0 Å². The zero-order valence-electron chi connectivity index (χ0n) is 10.1. The second kappa shape index (κ2) is 5.16. The summed E-state index contributed by atoms with van der Waals surface area (Å²) >= 11 is 5.81. The van der Waals surface area contributed by atoms with Crippen LogP contribution in [-0.4, -0.2) is 23.2 Å². The Kier molecular flexibility index (Phi) is 3.57. The quantitative estimate of drug-likeness (QED) is 0.901. The molecule has 1 aromatic heterocycles. The lowest BCUT2D eigenvalue weighted by Gasteiger charge is -2.07. The predicted octanol–water partition coefficient (Wildman–Crippen LogP) is 2.69. The van der Waals surface area contributed by atoms with Crippen LogP contribution >= 0.6 is 11.6 Å². The van der Waals surface area contributed by atoms with Crippen LogP contribution in [0.15, 0.2) is 30.3 Å². The van der Waals surface area contributed by atoms with E-state index >= 15 is 0 Å². The fourth-order valence-electron chi connectivity index (χ4n) is 1.60. The van der Waals surface area contributed by atoms with Crippen molar-refractivity contribution in [2.24, 2.45) is 0 Å². The Balaban J connectivity index is 2.52. The van der Waals surface area contributed by atoms with E-state index in [1.54, 1.807) is 31.4 Å². The summed E-state index contributed by atoms with van der Waals surface area (Å²) in [5.74, 6) is -0.517. The van der Waals surface area contributed by atoms with Gasteiger partial charge in [-0.05, 0) is 30.3 Å². The zero-order chi connectivity index (χ0) is 14.0. The van der Waals surface area contributed by atoms with Gasteiger partial charge in [-0.1, -0.05) is 11.6 Å². The molecule has 0 atom stereocenters. The van der Waals surface area contributed by atoms with Gasteiger partial charge in [-0.25, -0.2) is 9.78 Å². The van der Waals surface area contributed by atoms with Crippen LogP contribution in [0.2, 0.25) is 5.02 Å². The summed E-state index contributed by atoms with van der Waals surface area (Å²) in [5, 5.41) is 8.97. The van der Waals surface area contributed by atoms with Crippen LogP contribution in [0.25, 0.3) is 11.3 Å². The van der Waals surface area contributed by atoms with Gasteiger partial charge in [-0.3, -0.25) is 0 Å². The predicted molar refractivity (Wildman–Crippen MR) is 72.6 cm³/mol. The summed E-state index contributed by atoms with van der Waals surface area (Å²) in [5.41, 5.74) is 6.79. The molecule has 0 saturated carbocycles. The van der Waals surface area contributed by atoms with E-state index in [4.69, 9.17) is 27.2 Å². The normalized spacial score (nSPS) is 10.2. The van der Waals surface area contributed by atoms with Crippen molar-refractivity contribution in [3.63, 3.8) is 0 Å². The number of methoxy groups -OCH3 is 1. The number of anilines is 1. The van der Waals surface area contributed by atoms with Crippen molar-refractivity contribution in [2.45, 2.75) is 0 Å². The summed E-state index contributed by atoms with van der Waals surface area (Å²) in [6, 6.07) is 8.57. The number of aromatic carboxylic acids is 1. The average molecular weight is 279 g/mol. The van der Waals surface area contributed by atoms with Crippen molar-refractivity contribution in [1.82, 2.24) is 4.98 Å². The summed E-state index contributed by atoms with van der Waals surface area (Å²) in [6.07, 6.45) is 0. The molecule has 5 nitrogen and oxygen atoms in total. The summed E-state index contributed by atoms with van der Waals surface area (Å²) in [4.78, 5) is 15.0. The molecule has 3 N–H and O–H groups in total. The van der Waals surface area contributed by atoms with Crippen LogP contribution in [0.1, 0.15) is 10.5 Å². The highest BCUT2D eigenvalue weighted by atomic mass is 35.5. The first-order valence-electron chi connectivity index (χ1n) is 5.36. The lowest BCUT2D eigenvalue weighted by atomic mass is 10.1. The molecule has 0 aliphatic rings. The molecule has 0 unspecified atom stereocenters. The maximum absolute atomic E-state index is 11.0. The van der Waals surface area contributed by atoms with Gasteiger partial charge in [0.25, 0.3) is 0 Å². The summed E-state index contributed by atoms with van der Waals surface area (Å²) in [6.45, 7) is 0. The van der Waals surface area contributed by atoms with Crippen LogP contribution < -0.4 is 10.5 Å². The highest BCUT2D eigenvalue weighted by Gasteiger charge is 2.15. The monoisotopic (exact) mass is 278 g/mol. The number of benzene rings is 1. The number of carbonyl (C=O) groups is 1. The number of nitrogens with two attached hydrogens (primary N) is 1. The minimum atomic E-state index is -1.22. The van der Waals surface area contributed by atoms with E-state index in [2.05, 4.69) is 4.98 Å². The maximum atomic E-state index is 11.0. The Morgan fingerprint density at radius 2 is 2.00 bits per heavy atom. The molecule has 1 aromatic carbocycles. The van der Waals surface area contributed by atoms with E-state index in [9.17, 15) is 4.79 Å². The second-order valence-corrected chi connectivity index (χ2v) is 4.17. The van der Waals surface area contributed by atoms with E-state index in [1.165, 1.54) is 6.07 Å². The molecule has 0 bridgehead atoms. The van der Waals surface area contributed by atoms with Gasteiger partial charge >= 0.3 is 5.97 Å². The molecule has 98 valence electrons. The number of aromatic nitrogens is 1. The van der Waals surface area contributed by atoms with E-state index in [-0.39, 0.29) is 16.4 Å². The second-order valence-electron chi connectivity index (χ2n) is 3.79. The third-order valence-electron chi connectivity index (χ3n) is 2.57. The molecule has 0 radical (unpaired) electrons. The highest BCUT2D eigenvalue weighted by Crippen LogP contribution is 2.28. The van der Waals surface area contributed by atoms with Crippen molar-refractivity contribution in [3.05, 3.63) is 41.0 Å².